The summed E-state index contributed by atoms with van der Waals surface area (Å²) >= 11 is 0. The predicted octanol–water partition coefficient (Wildman–Crippen LogP) is 5.61. The smallest absolute Gasteiger partial charge is 0.338 e. The molecule has 1 heterocycles. The van der Waals surface area contributed by atoms with Gasteiger partial charge in [0.25, 0.3) is 5.91 Å². The molecule has 1 N–H and O–H groups in total. The number of fused-ring (bicyclic) bond motifs is 1. The highest BCUT2D eigenvalue weighted by atomic mass is 16.6. The number of anilines is 2. The monoisotopic (exact) mass is 526 g/mol. The van der Waals surface area contributed by atoms with Crippen LogP contribution in [0.25, 0.3) is 11.3 Å². The van der Waals surface area contributed by atoms with Crippen molar-refractivity contribution in [3.05, 3.63) is 94.5 Å². The Morgan fingerprint density at radius 3 is 2.08 bits per heavy atom. The maximum Gasteiger partial charge on any atom is 0.338 e. The lowest BCUT2D eigenvalue weighted by atomic mass is 9.96. The van der Waals surface area contributed by atoms with Gasteiger partial charge in [0, 0.05) is 18.2 Å². The zero-order chi connectivity index (χ0) is 28.5. The van der Waals surface area contributed by atoms with Gasteiger partial charge in [-0.05, 0) is 75.2 Å². The maximum atomic E-state index is 13.8. The van der Waals surface area contributed by atoms with Gasteiger partial charge in [-0.15, -0.1) is 0 Å². The second-order valence-corrected chi connectivity index (χ2v) is 10.2. The first-order chi connectivity index (χ1) is 18.4. The van der Waals surface area contributed by atoms with Crippen molar-refractivity contribution in [3.63, 3.8) is 0 Å². The molecule has 3 aromatic rings. The summed E-state index contributed by atoms with van der Waals surface area (Å²) in [6, 6.07) is 19.2. The maximum absolute atomic E-state index is 13.8. The van der Waals surface area contributed by atoms with Crippen LogP contribution in [0.4, 0.5) is 11.4 Å². The topological polar surface area (TPSA) is 102 Å². The SMILES string of the molecule is COC(=O)c1cc2c(cc1C)/C(=C(/Nc1ccc(C(=O)OC(C)(C)C)cc1)c1ccccc1)C(=O)N2C(C)=O. The Balaban J connectivity index is 1.86. The van der Waals surface area contributed by atoms with Crippen molar-refractivity contribution >= 4 is 46.4 Å². The van der Waals surface area contributed by atoms with E-state index in [2.05, 4.69) is 5.32 Å². The van der Waals surface area contributed by atoms with Crippen molar-refractivity contribution in [3.8, 4) is 0 Å². The van der Waals surface area contributed by atoms with Gasteiger partial charge < -0.3 is 14.8 Å². The molecule has 0 spiro atoms. The third-order valence-corrected chi connectivity index (χ3v) is 6.09. The number of nitrogens with zero attached hydrogens (tertiary/aromatic N) is 1. The summed E-state index contributed by atoms with van der Waals surface area (Å²) in [5, 5.41) is 3.33. The first-order valence-corrected chi connectivity index (χ1v) is 12.4. The number of aryl methyl sites for hydroxylation is 1. The van der Waals surface area contributed by atoms with Crippen LogP contribution in [-0.4, -0.2) is 36.5 Å². The molecule has 0 fully saturated rings. The first kappa shape index (κ1) is 27.3. The average molecular weight is 527 g/mol. The number of amides is 2. The molecule has 0 radical (unpaired) electrons. The van der Waals surface area contributed by atoms with E-state index in [4.69, 9.17) is 9.47 Å². The number of ether oxygens (including phenoxy) is 2. The minimum absolute atomic E-state index is 0.267. The van der Waals surface area contributed by atoms with E-state index in [0.29, 0.717) is 39.3 Å². The van der Waals surface area contributed by atoms with Gasteiger partial charge in [0.1, 0.15) is 5.60 Å². The Bertz CT molecular complexity index is 1500. The van der Waals surface area contributed by atoms with Gasteiger partial charge >= 0.3 is 11.9 Å². The van der Waals surface area contributed by atoms with E-state index in [1.165, 1.54) is 20.1 Å². The Morgan fingerprint density at radius 1 is 0.872 bits per heavy atom. The van der Waals surface area contributed by atoms with E-state index in [1.54, 1.807) is 58.0 Å². The van der Waals surface area contributed by atoms with E-state index < -0.39 is 29.4 Å². The summed E-state index contributed by atoms with van der Waals surface area (Å²) < 4.78 is 10.3. The molecular weight excluding hydrogens is 496 g/mol. The van der Waals surface area contributed by atoms with Crippen molar-refractivity contribution < 1.29 is 28.7 Å². The number of hydrogen-bond donors (Lipinski definition) is 1. The van der Waals surface area contributed by atoms with Gasteiger partial charge in [-0.3, -0.25) is 9.59 Å². The lowest BCUT2D eigenvalue weighted by Crippen LogP contribution is -2.31. The summed E-state index contributed by atoms with van der Waals surface area (Å²) in [5.41, 5.74) is 3.54. The summed E-state index contributed by atoms with van der Waals surface area (Å²) in [6.45, 7) is 8.45. The Kier molecular flexibility index (Phi) is 7.40. The van der Waals surface area contributed by atoms with E-state index >= 15 is 0 Å². The molecule has 200 valence electrons. The molecule has 0 saturated carbocycles. The molecule has 0 unspecified atom stereocenters. The molecule has 0 atom stereocenters. The second-order valence-electron chi connectivity index (χ2n) is 10.2. The van der Waals surface area contributed by atoms with E-state index in [0.717, 1.165) is 4.90 Å². The van der Waals surface area contributed by atoms with Gasteiger partial charge in [0.2, 0.25) is 5.91 Å². The van der Waals surface area contributed by atoms with Crippen LogP contribution in [0.1, 0.15) is 65.1 Å². The molecule has 8 nitrogen and oxygen atoms in total. The molecule has 1 aliphatic rings. The van der Waals surface area contributed by atoms with Gasteiger partial charge in [-0.2, -0.15) is 0 Å². The summed E-state index contributed by atoms with van der Waals surface area (Å²) in [5.74, 6) is -2.00. The minimum Gasteiger partial charge on any atom is -0.465 e. The fraction of sp³-hybridized carbons (Fsp3) is 0.226. The van der Waals surface area contributed by atoms with Gasteiger partial charge in [0.15, 0.2) is 0 Å². The van der Waals surface area contributed by atoms with Crippen LogP contribution in [0, 0.1) is 6.92 Å². The van der Waals surface area contributed by atoms with Crippen LogP contribution in [0.5, 0.6) is 0 Å². The van der Waals surface area contributed by atoms with E-state index in [-0.39, 0.29) is 11.1 Å². The fourth-order valence-corrected chi connectivity index (χ4v) is 4.36. The number of carbonyl (C=O) groups excluding carboxylic acids is 4. The third kappa shape index (κ3) is 5.60. The molecule has 3 aromatic carbocycles. The zero-order valence-corrected chi connectivity index (χ0v) is 22.7. The highest BCUT2D eigenvalue weighted by molar-refractivity contribution is 6.44. The molecule has 0 bridgehead atoms. The normalized spacial score (nSPS) is 14.0. The molecule has 2 amide bonds. The predicted molar refractivity (Wildman–Crippen MR) is 149 cm³/mol. The fourth-order valence-electron chi connectivity index (χ4n) is 4.36. The van der Waals surface area contributed by atoms with Crippen molar-refractivity contribution in [1.82, 2.24) is 0 Å². The van der Waals surface area contributed by atoms with Gasteiger partial charge in [0.05, 0.1) is 35.2 Å². The highest BCUT2D eigenvalue weighted by Gasteiger charge is 2.39. The Hall–Kier alpha value is -4.72. The largest absolute Gasteiger partial charge is 0.465 e. The molecular formula is C31H30N2O6. The minimum atomic E-state index is -0.621. The second kappa shape index (κ2) is 10.6. The van der Waals surface area contributed by atoms with Crippen molar-refractivity contribution in [2.24, 2.45) is 0 Å². The summed E-state index contributed by atoms with van der Waals surface area (Å²) in [4.78, 5) is 52.3. The molecule has 1 aliphatic heterocycles. The lowest BCUT2D eigenvalue weighted by molar-refractivity contribution is -0.122. The van der Waals surface area contributed by atoms with Gasteiger partial charge in [-0.25, -0.2) is 14.5 Å². The molecule has 0 saturated heterocycles. The Morgan fingerprint density at radius 2 is 1.51 bits per heavy atom. The number of carbonyl (C=O) groups is 4. The van der Waals surface area contributed by atoms with Crippen LogP contribution in [0.2, 0.25) is 0 Å². The molecule has 0 aromatic heterocycles. The molecule has 39 heavy (non-hydrogen) atoms. The number of hydrogen-bond acceptors (Lipinski definition) is 7. The average Bonchev–Trinajstić information content (AvgIpc) is 3.16. The molecule has 8 heteroatoms. The molecule has 4 rings (SSSR count). The number of benzene rings is 3. The van der Waals surface area contributed by atoms with Crippen LogP contribution in [-0.2, 0) is 19.1 Å². The summed E-state index contributed by atoms with van der Waals surface area (Å²) in [6.07, 6.45) is 0. The van der Waals surface area contributed by atoms with Gasteiger partial charge in [-0.1, -0.05) is 30.3 Å². The number of esters is 2. The third-order valence-electron chi connectivity index (χ3n) is 6.09. The number of nitrogens with one attached hydrogen (secondary N) is 1. The Labute approximate surface area is 227 Å². The lowest BCUT2D eigenvalue weighted by Gasteiger charge is -2.19. The van der Waals surface area contributed by atoms with Crippen LogP contribution < -0.4 is 10.2 Å². The first-order valence-electron chi connectivity index (χ1n) is 12.4. The van der Waals surface area contributed by atoms with E-state index in [1.807, 2.05) is 30.3 Å². The molecule has 0 aliphatic carbocycles. The standard InChI is InChI=1S/C31H30N2O6/c1-18-16-24-25(17-23(18)30(37)38-6)33(19(2)34)28(35)26(24)27(20-10-8-7-9-11-20)32-22-14-12-21(13-15-22)29(36)39-31(3,4)5/h7-17,32H,1-6H3/b27-26-. The van der Waals surface area contributed by atoms with E-state index in [9.17, 15) is 19.2 Å². The highest BCUT2D eigenvalue weighted by Crippen LogP contribution is 2.42. The number of methoxy groups -OCH3 is 1. The van der Waals surface area contributed by atoms with Crippen LogP contribution >= 0.6 is 0 Å². The van der Waals surface area contributed by atoms with Crippen molar-refractivity contribution in [2.45, 2.75) is 40.2 Å². The van der Waals surface area contributed by atoms with Crippen molar-refractivity contribution in [2.75, 3.05) is 17.3 Å². The quantitative estimate of drug-likeness (QED) is 0.341. The number of imide groups is 1. The summed E-state index contributed by atoms with van der Waals surface area (Å²) in [7, 11) is 1.28. The van der Waals surface area contributed by atoms with Crippen molar-refractivity contribution in [1.29, 1.82) is 0 Å². The van der Waals surface area contributed by atoms with Crippen LogP contribution in [0.15, 0.2) is 66.7 Å². The van der Waals surface area contributed by atoms with Crippen LogP contribution in [0.3, 0.4) is 0 Å². The number of rotatable bonds is 5. The zero-order valence-electron chi connectivity index (χ0n) is 22.7.